The van der Waals surface area contributed by atoms with Crippen molar-refractivity contribution in [3.8, 4) is 0 Å². The highest BCUT2D eigenvalue weighted by atomic mass is 79.9. The SMILES string of the molecule is CS(=O)(=O)N(c1ccc(NC(=O)Cc2ccccc2)cc1Br)S(C)(=O)=O. The second-order valence-electron chi connectivity index (χ2n) is 5.60. The normalized spacial score (nSPS) is 11.8. The monoisotopic (exact) mass is 460 g/mol. The Morgan fingerprint density at radius 2 is 1.58 bits per heavy atom. The number of carbonyl (C=O) groups is 1. The van der Waals surface area contributed by atoms with Crippen molar-refractivity contribution in [3.63, 3.8) is 0 Å². The number of hydrogen-bond donors (Lipinski definition) is 1. The van der Waals surface area contributed by atoms with E-state index in [0.29, 0.717) is 9.40 Å². The predicted molar refractivity (Wildman–Crippen MR) is 105 cm³/mol. The van der Waals surface area contributed by atoms with E-state index in [1.165, 1.54) is 18.2 Å². The summed E-state index contributed by atoms with van der Waals surface area (Å²) in [6.07, 6.45) is 1.78. The summed E-state index contributed by atoms with van der Waals surface area (Å²) in [7, 11) is -8.09. The number of benzene rings is 2. The number of nitrogens with one attached hydrogen (secondary N) is 1. The maximum absolute atomic E-state index is 12.1. The van der Waals surface area contributed by atoms with Gasteiger partial charge in [-0.05, 0) is 39.7 Å². The lowest BCUT2D eigenvalue weighted by molar-refractivity contribution is -0.115. The Bertz CT molecular complexity index is 990. The largest absolute Gasteiger partial charge is 0.326 e. The fourth-order valence-corrected chi connectivity index (χ4v) is 6.11. The van der Waals surface area contributed by atoms with E-state index >= 15 is 0 Å². The van der Waals surface area contributed by atoms with E-state index in [9.17, 15) is 21.6 Å². The summed E-state index contributed by atoms with van der Waals surface area (Å²) in [4.78, 5) is 12.1. The average molecular weight is 461 g/mol. The van der Waals surface area contributed by atoms with Crippen molar-refractivity contribution in [2.24, 2.45) is 0 Å². The van der Waals surface area contributed by atoms with Gasteiger partial charge in [0, 0.05) is 10.2 Å². The van der Waals surface area contributed by atoms with Crippen LogP contribution in [0.3, 0.4) is 0 Å². The van der Waals surface area contributed by atoms with Gasteiger partial charge in [0.2, 0.25) is 26.0 Å². The Balaban J connectivity index is 2.25. The van der Waals surface area contributed by atoms with Gasteiger partial charge in [0.25, 0.3) is 0 Å². The Morgan fingerprint density at radius 1 is 1.00 bits per heavy atom. The first-order valence-electron chi connectivity index (χ1n) is 7.32. The molecular weight excluding hydrogens is 444 g/mol. The number of amides is 1. The van der Waals surface area contributed by atoms with E-state index in [-0.39, 0.29) is 22.5 Å². The van der Waals surface area contributed by atoms with Crippen LogP contribution >= 0.6 is 15.9 Å². The Hall–Kier alpha value is -1.91. The zero-order valence-corrected chi connectivity index (χ0v) is 17.2. The van der Waals surface area contributed by atoms with Crippen LogP contribution in [0.25, 0.3) is 0 Å². The molecule has 0 fully saturated rings. The van der Waals surface area contributed by atoms with Gasteiger partial charge in [-0.2, -0.15) is 3.71 Å². The molecular formula is C16H17BrN2O5S2. The van der Waals surface area contributed by atoms with Gasteiger partial charge in [-0.3, -0.25) is 4.79 Å². The quantitative estimate of drug-likeness (QED) is 0.712. The number of rotatable bonds is 6. The third kappa shape index (κ3) is 5.29. The summed E-state index contributed by atoms with van der Waals surface area (Å²) in [5, 5.41) is 2.69. The highest BCUT2D eigenvalue weighted by Gasteiger charge is 2.29. The average Bonchev–Trinajstić information content (AvgIpc) is 2.48. The van der Waals surface area contributed by atoms with Gasteiger partial charge in [0.05, 0.1) is 24.6 Å². The van der Waals surface area contributed by atoms with Crippen molar-refractivity contribution >= 4 is 53.3 Å². The number of halogens is 1. The van der Waals surface area contributed by atoms with Crippen molar-refractivity contribution < 1.29 is 21.6 Å². The van der Waals surface area contributed by atoms with E-state index in [1.807, 2.05) is 30.3 Å². The van der Waals surface area contributed by atoms with Crippen molar-refractivity contribution in [1.29, 1.82) is 0 Å². The van der Waals surface area contributed by atoms with Gasteiger partial charge >= 0.3 is 0 Å². The maximum atomic E-state index is 12.1. The smallest absolute Gasteiger partial charge is 0.245 e. The molecule has 1 N–H and O–H groups in total. The van der Waals surface area contributed by atoms with Crippen molar-refractivity contribution in [1.82, 2.24) is 0 Å². The van der Waals surface area contributed by atoms with Crippen LogP contribution in [0.15, 0.2) is 53.0 Å². The molecule has 2 aromatic rings. The first kappa shape index (κ1) is 20.4. The van der Waals surface area contributed by atoms with E-state index in [2.05, 4.69) is 21.2 Å². The molecule has 0 saturated carbocycles. The van der Waals surface area contributed by atoms with Crippen LogP contribution in [-0.2, 0) is 31.3 Å². The summed E-state index contributed by atoms with van der Waals surface area (Å²) in [6, 6.07) is 13.4. The van der Waals surface area contributed by atoms with Crippen LogP contribution in [0.5, 0.6) is 0 Å². The van der Waals surface area contributed by atoms with Gasteiger partial charge in [-0.1, -0.05) is 30.3 Å². The summed E-state index contributed by atoms with van der Waals surface area (Å²) in [5.41, 5.74) is 1.19. The molecule has 1 amide bonds. The zero-order valence-electron chi connectivity index (χ0n) is 14.0. The van der Waals surface area contributed by atoms with Gasteiger partial charge < -0.3 is 5.32 Å². The molecule has 0 saturated heterocycles. The fourth-order valence-electron chi connectivity index (χ4n) is 2.32. The highest BCUT2D eigenvalue weighted by Crippen LogP contribution is 2.32. The molecule has 0 atom stereocenters. The van der Waals surface area contributed by atoms with Gasteiger partial charge in [0.15, 0.2) is 0 Å². The van der Waals surface area contributed by atoms with Crippen LogP contribution in [0.2, 0.25) is 0 Å². The third-order valence-electron chi connectivity index (χ3n) is 3.24. The number of carbonyl (C=O) groups excluding carboxylic acids is 1. The molecule has 0 heterocycles. The first-order chi connectivity index (χ1) is 12.0. The molecule has 7 nitrogen and oxygen atoms in total. The number of sulfonamides is 2. The molecule has 0 aliphatic rings. The molecule has 140 valence electrons. The molecule has 26 heavy (non-hydrogen) atoms. The van der Waals surface area contributed by atoms with Crippen LogP contribution in [0.4, 0.5) is 11.4 Å². The number of nitrogens with zero attached hydrogens (tertiary/aromatic N) is 1. The molecule has 2 aromatic carbocycles. The van der Waals surface area contributed by atoms with Gasteiger partial charge in [-0.15, -0.1) is 0 Å². The molecule has 0 spiro atoms. The zero-order chi connectivity index (χ0) is 19.5. The second-order valence-corrected chi connectivity index (χ2v) is 10.3. The predicted octanol–water partition coefficient (Wildman–Crippen LogP) is 2.36. The molecule has 0 unspecified atom stereocenters. The summed E-state index contributed by atoms with van der Waals surface area (Å²) >= 11 is 3.17. The van der Waals surface area contributed by atoms with Crippen LogP contribution in [0, 0.1) is 0 Å². The molecule has 0 aliphatic heterocycles. The van der Waals surface area contributed by atoms with Crippen LogP contribution in [-0.4, -0.2) is 35.3 Å². The Labute approximate surface area is 161 Å². The lowest BCUT2D eigenvalue weighted by Crippen LogP contribution is -2.35. The van der Waals surface area contributed by atoms with Gasteiger partial charge in [0.1, 0.15) is 0 Å². The van der Waals surface area contributed by atoms with E-state index in [1.54, 1.807) is 0 Å². The van der Waals surface area contributed by atoms with Gasteiger partial charge in [-0.25, -0.2) is 16.8 Å². The lowest BCUT2D eigenvalue weighted by Gasteiger charge is -2.21. The van der Waals surface area contributed by atoms with Crippen LogP contribution in [0.1, 0.15) is 5.56 Å². The minimum Gasteiger partial charge on any atom is -0.326 e. The topological polar surface area (TPSA) is 101 Å². The fraction of sp³-hybridized carbons (Fsp3) is 0.188. The molecule has 0 bridgehead atoms. The number of anilines is 2. The van der Waals surface area contributed by atoms with Crippen molar-refractivity contribution in [3.05, 3.63) is 58.6 Å². The number of hydrogen-bond acceptors (Lipinski definition) is 5. The van der Waals surface area contributed by atoms with E-state index < -0.39 is 20.0 Å². The molecule has 0 aromatic heterocycles. The first-order valence-corrected chi connectivity index (χ1v) is 11.8. The molecule has 0 aliphatic carbocycles. The molecule has 2 rings (SSSR count). The van der Waals surface area contributed by atoms with Crippen molar-refractivity contribution in [2.75, 3.05) is 21.5 Å². The standard InChI is InChI=1S/C16H17BrN2O5S2/c1-25(21,22)19(26(2,23)24)15-9-8-13(11-14(15)17)18-16(20)10-12-6-4-3-5-7-12/h3-9,11H,10H2,1-2H3,(H,18,20). The molecule has 10 heteroatoms. The Kier molecular flexibility index (Phi) is 6.09. The third-order valence-corrected chi connectivity index (χ3v) is 7.10. The van der Waals surface area contributed by atoms with E-state index in [0.717, 1.165) is 18.1 Å². The lowest BCUT2D eigenvalue weighted by atomic mass is 10.1. The molecule has 0 radical (unpaired) electrons. The Morgan fingerprint density at radius 3 is 2.08 bits per heavy atom. The minimum absolute atomic E-state index is 0.0592. The van der Waals surface area contributed by atoms with Crippen LogP contribution < -0.4 is 9.03 Å². The summed E-state index contributed by atoms with van der Waals surface area (Å²) in [5.74, 6) is -0.251. The summed E-state index contributed by atoms with van der Waals surface area (Å²) in [6.45, 7) is 0. The second kappa shape index (κ2) is 7.77. The van der Waals surface area contributed by atoms with E-state index in [4.69, 9.17) is 0 Å². The van der Waals surface area contributed by atoms with Crippen molar-refractivity contribution in [2.45, 2.75) is 6.42 Å². The highest BCUT2D eigenvalue weighted by molar-refractivity contribution is 9.10. The maximum Gasteiger partial charge on any atom is 0.245 e. The minimum atomic E-state index is -4.05. The summed E-state index contributed by atoms with van der Waals surface area (Å²) < 4.78 is 48.0.